The van der Waals surface area contributed by atoms with Gasteiger partial charge in [-0.05, 0) is 20.3 Å². The van der Waals surface area contributed by atoms with Crippen LogP contribution in [0.5, 0.6) is 0 Å². The molecule has 0 aromatic heterocycles. The first-order valence-electron chi connectivity index (χ1n) is 5.08. The number of carbonyl (C=O) groups is 1. The number of hydrogen-bond donors (Lipinski definition) is 2. The van der Waals surface area contributed by atoms with Gasteiger partial charge < -0.3 is 5.32 Å². The predicted molar refractivity (Wildman–Crippen MR) is 64.7 cm³/mol. The van der Waals surface area contributed by atoms with Gasteiger partial charge in [-0.2, -0.15) is 12.6 Å². The largest absolute Gasteiger partial charge is 0.353 e. The van der Waals surface area contributed by atoms with Crippen LogP contribution in [0.1, 0.15) is 48.0 Å². The van der Waals surface area contributed by atoms with Crippen LogP contribution in [0.25, 0.3) is 0 Å². The standard InChI is InChI=1S/C11H23NOS/c1-8(2)12-9(13)10(3,4)7-11(5,6)14/h8,14H,7H2,1-6H3,(H,12,13). The van der Waals surface area contributed by atoms with Crippen molar-refractivity contribution in [2.75, 3.05) is 0 Å². The minimum Gasteiger partial charge on any atom is -0.353 e. The number of hydrogen-bond acceptors (Lipinski definition) is 2. The molecule has 1 amide bonds. The SMILES string of the molecule is CC(C)NC(=O)C(C)(C)CC(C)(C)S. The zero-order valence-electron chi connectivity index (χ0n) is 10.1. The van der Waals surface area contributed by atoms with E-state index in [1.165, 1.54) is 0 Å². The molecule has 0 aromatic rings. The molecule has 0 fully saturated rings. The van der Waals surface area contributed by atoms with Crippen molar-refractivity contribution in [1.29, 1.82) is 0 Å². The fourth-order valence-electron chi connectivity index (χ4n) is 1.62. The van der Waals surface area contributed by atoms with Gasteiger partial charge >= 0.3 is 0 Å². The maximum Gasteiger partial charge on any atom is 0.225 e. The number of carbonyl (C=O) groups excluding carboxylic acids is 1. The predicted octanol–water partition coefficient (Wildman–Crippen LogP) is 2.64. The van der Waals surface area contributed by atoms with Crippen LogP contribution in [0.2, 0.25) is 0 Å². The van der Waals surface area contributed by atoms with Crippen molar-refractivity contribution in [3.8, 4) is 0 Å². The van der Waals surface area contributed by atoms with Crippen LogP contribution in [0.3, 0.4) is 0 Å². The minimum atomic E-state index is -0.352. The van der Waals surface area contributed by atoms with Gasteiger partial charge in [-0.25, -0.2) is 0 Å². The topological polar surface area (TPSA) is 29.1 Å². The minimum absolute atomic E-state index is 0.106. The van der Waals surface area contributed by atoms with Gasteiger partial charge in [0.25, 0.3) is 0 Å². The Morgan fingerprint density at radius 2 is 1.71 bits per heavy atom. The molecule has 3 heteroatoms. The first-order valence-corrected chi connectivity index (χ1v) is 5.53. The molecule has 0 spiro atoms. The smallest absolute Gasteiger partial charge is 0.225 e. The average Bonchev–Trinajstić information content (AvgIpc) is 1.78. The van der Waals surface area contributed by atoms with E-state index in [0.717, 1.165) is 6.42 Å². The normalized spacial score (nSPS) is 13.1. The van der Waals surface area contributed by atoms with E-state index in [9.17, 15) is 4.79 Å². The van der Waals surface area contributed by atoms with E-state index in [2.05, 4.69) is 17.9 Å². The molecular formula is C11H23NOS. The van der Waals surface area contributed by atoms with E-state index >= 15 is 0 Å². The highest BCUT2D eigenvalue weighted by Gasteiger charge is 2.33. The molecule has 0 rings (SSSR count). The molecule has 0 saturated heterocycles. The lowest BCUT2D eigenvalue weighted by atomic mass is 9.82. The second-order valence-electron chi connectivity index (χ2n) is 5.50. The lowest BCUT2D eigenvalue weighted by Gasteiger charge is -2.31. The van der Waals surface area contributed by atoms with Crippen molar-refractivity contribution in [3.05, 3.63) is 0 Å². The van der Waals surface area contributed by atoms with Gasteiger partial charge in [0.05, 0.1) is 0 Å². The summed E-state index contributed by atoms with van der Waals surface area (Å²) < 4.78 is -0.113. The van der Waals surface area contributed by atoms with Crippen LogP contribution in [0.15, 0.2) is 0 Å². The van der Waals surface area contributed by atoms with E-state index in [1.54, 1.807) is 0 Å². The first-order chi connectivity index (χ1) is 6.04. The Morgan fingerprint density at radius 3 is 2.00 bits per heavy atom. The van der Waals surface area contributed by atoms with E-state index < -0.39 is 0 Å². The van der Waals surface area contributed by atoms with Crippen LogP contribution < -0.4 is 5.32 Å². The van der Waals surface area contributed by atoms with E-state index in [4.69, 9.17) is 0 Å². The van der Waals surface area contributed by atoms with Gasteiger partial charge in [-0.3, -0.25) is 4.79 Å². The quantitative estimate of drug-likeness (QED) is 0.696. The Morgan fingerprint density at radius 1 is 1.29 bits per heavy atom. The van der Waals surface area contributed by atoms with E-state index in [-0.39, 0.29) is 22.1 Å². The molecule has 0 bridgehead atoms. The zero-order chi connectivity index (χ0) is 11.6. The lowest BCUT2D eigenvalue weighted by molar-refractivity contribution is -0.130. The molecule has 1 N–H and O–H groups in total. The van der Waals surface area contributed by atoms with Crippen molar-refractivity contribution in [3.63, 3.8) is 0 Å². The van der Waals surface area contributed by atoms with E-state index in [0.29, 0.717) is 0 Å². The van der Waals surface area contributed by atoms with Crippen molar-refractivity contribution in [2.45, 2.75) is 58.8 Å². The third kappa shape index (κ3) is 5.53. The average molecular weight is 217 g/mol. The first kappa shape index (κ1) is 13.8. The molecule has 0 radical (unpaired) electrons. The summed E-state index contributed by atoms with van der Waals surface area (Å²) in [6.07, 6.45) is 0.766. The second-order valence-corrected chi connectivity index (χ2v) is 6.71. The number of nitrogens with one attached hydrogen (secondary N) is 1. The molecule has 0 heterocycles. The van der Waals surface area contributed by atoms with Crippen LogP contribution in [0.4, 0.5) is 0 Å². The molecule has 14 heavy (non-hydrogen) atoms. The monoisotopic (exact) mass is 217 g/mol. The summed E-state index contributed by atoms with van der Waals surface area (Å²) in [5, 5.41) is 2.93. The molecule has 0 unspecified atom stereocenters. The lowest BCUT2D eigenvalue weighted by Crippen LogP contribution is -2.42. The number of thiol groups is 1. The molecule has 0 aliphatic carbocycles. The van der Waals surface area contributed by atoms with Crippen LogP contribution in [0, 0.1) is 5.41 Å². The molecule has 0 saturated carbocycles. The highest BCUT2D eigenvalue weighted by molar-refractivity contribution is 7.81. The third-order valence-electron chi connectivity index (χ3n) is 1.91. The van der Waals surface area contributed by atoms with Crippen molar-refractivity contribution >= 4 is 18.5 Å². The van der Waals surface area contributed by atoms with Crippen LogP contribution in [-0.4, -0.2) is 16.7 Å². The summed E-state index contributed by atoms with van der Waals surface area (Å²) >= 11 is 4.45. The molecule has 84 valence electrons. The summed E-state index contributed by atoms with van der Waals surface area (Å²) in [6, 6.07) is 0.199. The van der Waals surface area contributed by atoms with Crippen LogP contribution >= 0.6 is 12.6 Å². The van der Waals surface area contributed by atoms with Crippen LogP contribution in [-0.2, 0) is 4.79 Å². The molecular weight excluding hydrogens is 194 g/mol. The third-order valence-corrected chi connectivity index (χ3v) is 2.07. The number of rotatable bonds is 4. The number of amides is 1. The van der Waals surface area contributed by atoms with Gasteiger partial charge in [0.2, 0.25) is 5.91 Å². The van der Waals surface area contributed by atoms with Crippen molar-refractivity contribution in [1.82, 2.24) is 5.32 Å². The maximum absolute atomic E-state index is 11.8. The van der Waals surface area contributed by atoms with E-state index in [1.807, 2.05) is 41.5 Å². The Bertz CT molecular complexity index is 204. The van der Waals surface area contributed by atoms with Crippen molar-refractivity contribution in [2.24, 2.45) is 5.41 Å². The Labute approximate surface area is 93.3 Å². The van der Waals surface area contributed by atoms with Gasteiger partial charge in [0, 0.05) is 16.2 Å². The second kappa shape index (κ2) is 4.56. The summed E-state index contributed by atoms with van der Waals surface area (Å²) in [5.74, 6) is 0.106. The summed E-state index contributed by atoms with van der Waals surface area (Å²) in [4.78, 5) is 11.8. The maximum atomic E-state index is 11.8. The summed E-state index contributed by atoms with van der Waals surface area (Å²) in [6.45, 7) is 11.9. The van der Waals surface area contributed by atoms with Crippen molar-refractivity contribution < 1.29 is 4.79 Å². The zero-order valence-corrected chi connectivity index (χ0v) is 11.0. The van der Waals surface area contributed by atoms with Gasteiger partial charge in [0.15, 0.2) is 0 Å². The molecule has 0 aromatic carbocycles. The van der Waals surface area contributed by atoms with Gasteiger partial charge in [-0.15, -0.1) is 0 Å². The Kier molecular flexibility index (Phi) is 4.50. The summed E-state index contributed by atoms with van der Waals surface area (Å²) in [7, 11) is 0. The summed E-state index contributed by atoms with van der Waals surface area (Å²) in [5.41, 5.74) is -0.352. The Balaban J connectivity index is 4.38. The molecule has 0 atom stereocenters. The molecule has 0 aliphatic rings. The van der Waals surface area contributed by atoms with Gasteiger partial charge in [-0.1, -0.05) is 27.7 Å². The highest BCUT2D eigenvalue weighted by Crippen LogP contribution is 2.31. The Hall–Kier alpha value is -0.180. The van der Waals surface area contributed by atoms with Gasteiger partial charge in [0.1, 0.15) is 0 Å². The molecule has 2 nitrogen and oxygen atoms in total. The fraction of sp³-hybridized carbons (Fsp3) is 0.909. The fourth-order valence-corrected chi connectivity index (χ4v) is 2.01. The molecule has 0 aliphatic heterocycles. The highest BCUT2D eigenvalue weighted by atomic mass is 32.1.